The summed E-state index contributed by atoms with van der Waals surface area (Å²) in [5.41, 5.74) is 15.4. The molecule has 0 radical (unpaired) electrons. The summed E-state index contributed by atoms with van der Waals surface area (Å²) in [6.07, 6.45) is 7.49. The van der Waals surface area contributed by atoms with E-state index in [4.69, 9.17) is 15.7 Å². The van der Waals surface area contributed by atoms with Gasteiger partial charge < -0.3 is 20.0 Å². The Balaban J connectivity index is 1.71. The van der Waals surface area contributed by atoms with E-state index in [2.05, 4.69) is 25.4 Å². The number of para-hydroxylation sites is 1. The Hall–Kier alpha value is -4.08. The van der Waals surface area contributed by atoms with E-state index in [9.17, 15) is 4.39 Å². The average molecular weight is 378 g/mol. The molecule has 1 aromatic carbocycles. The molecule has 3 aromatic heterocycles. The summed E-state index contributed by atoms with van der Waals surface area (Å²) < 4.78 is 20.9. The van der Waals surface area contributed by atoms with Crippen LogP contribution in [-0.2, 0) is 6.54 Å². The van der Waals surface area contributed by atoms with Gasteiger partial charge in [0.15, 0.2) is 12.2 Å². The summed E-state index contributed by atoms with van der Waals surface area (Å²) in [6.45, 7) is 0.200. The van der Waals surface area contributed by atoms with Gasteiger partial charge in [0.2, 0.25) is 0 Å². The first-order valence-electron chi connectivity index (χ1n) is 8.23. The third-order valence-corrected chi connectivity index (χ3v) is 4.12. The Morgan fingerprint density at radius 2 is 2.21 bits per heavy atom. The molecule has 0 spiro atoms. The molecular weight excluding hydrogens is 363 g/mol. The van der Waals surface area contributed by atoms with Crippen molar-refractivity contribution in [3.8, 4) is 11.3 Å². The van der Waals surface area contributed by atoms with Gasteiger partial charge in [-0.3, -0.25) is 0 Å². The number of allylic oxidation sites excluding steroid dienone is 1. The lowest BCUT2D eigenvalue weighted by Gasteiger charge is -2.06. The summed E-state index contributed by atoms with van der Waals surface area (Å²) in [5.74, 6) is 0.415. The number of benzene rings is 1. The molecule has 0 amide bonds. The van der Waals surface area contributed by atoms with Crippen molar-refractivity contribution in [3.05, 3.63) is 67.1 Å². The number of anilines is 2. The predicted molar refractivity (Wildman–Crippen MR) is 101 cm³/mol. The number of hydrogen-bond donors (Lipinski definition) is 3. The number of nitrogens with one attached hydrogen (secondary N) is 2. The van der Waals surface area contributed by atoms with Crippen LogP contribution < -0.4 is 11.1 Å². The van der Waals surface area contributed by atoms with Crippen molar-refractivity contribution >= 4 is 22.5 Å². The topological polar surface area (TPSA) is 131 Å². The van der Waals surface area contributed by atoms with Gasteiger partial charge in [-0.2, -0.15) is 5.11 Å². The predicted octanol–water partition coefficient (Wildman–Crippen LogP) is 3.79. The number of nitrogens with zero attached hydrogens (tertiary/aromatic N) is 5. The number of oxazole rings is 1. The van der Waals surface area contributed by atoms with E-state index in [1.807, 2.05) is 0 Å². The molecule has 0 bridgehead atoms. The minimum absolute atomic E-state index is 0.200. The van der Waals surface area contributed by atoms with E-state index in [0.717, 1.165) is 0 Å². The maximum atomic E-state index is 13.8. The molecule has 4 aromatic rings. The second-order valence-corrected chi connectivity index (χ2v) is 5.87. The van der Waals surface area contributed by atoms with E-state index < -0.39 is 5.82 Å². The molecule has 0 aliphatic carbocycles. The molecule has 140 valence electrons. The Bertz CT molecular complexity index is 1170. The number of fused-ring (bicyclic) bond motifs is 1. The van der Waals surface area contributed by atoms with E-state index in [1.54, 1.807) is 35.2 Å². The molecule has 0 atom stereocenters. The van der Waals surface area contributed by atoms with Crippen LogP contribution in [0.3, 0.4) is 0 Å². The highest BCUT2D eigenvalue weighted by molar-refractivity contribution is 5.99. The first-order valence-corrected chi connectivity index (χ1v) is 8.23. The largest absolute Gasteiger partial charge is 0.443 e. The van der Waals surface area contributed by atoms with Gasteiger partial charge in [-0.15, -0.1) is 0 Å². The van der Waals surface area contributed by atoms with Gasteiger partial charge in [-0.1, -0.05) is 12.1 Å². The van der Waals surface area contributed by atoms with Gasteiger partial charge in [0.25, 0.3) is 0 Å². The molecular formula is C18H15FN8O. The van der Waals surface area contributed by atoms with Crippen LogP contribution >= 0.6 is 0 Å². The van der Waals surface area contributed by atoms with Crippen molar-refractivity contribution in [3.63, 3.8) is 0 Å². The number of nitrogens with two attached hydrogens (primary N) is 1. The summed E-state index contributed by atoms with van der Waals surface area (Å²) in [4.78, 5) is 12.3. The molecule has 0 aliphatic heterocycles. The normalized spacial score (nSPS) is 11.7. The van der Waals surface area contributed by atoms with Crippen molar-refractivity contribution in [1.29, 1.82) is 5.53 Å². The summed E-state index contributed by atoms with van der Waals surface area (Å²) in [5, 5.41) is 6.97. The van der Waals surface area contributed by atoms with Crippen molar-refractivity contribution in [2.75, 3.05) is 11.1 Å². The summed E-state index contributed by atoms with van der Waals surface area (Å²) in [6, 6.07) is 6.24. The van der Waals surface area contributed by atoms with Crippen molar-refractivity contribution < 1.29 is 8.81 Å². The van der Waals surface area contributed by atoms with E-state index >= 15 is 0 Å². The first-order chi connectivity index (χ1) is 13.7. The van der Waals surface area contributed by atoms with Gasteiger partial charge in [-0.05, 0) is 12.1 Å². The van der Waals surface area contributed by atoms with E-state index in [0.29, 0.717) is 33.9 Å². The highest BCUT2D eigenvalue weighted by Crippen LogP contribution is 2.32. The van der Waals surface area contributed by atoms with Crippen LogP contribution in [0.15, 0.2) is 70.8 Å². The second kappa shape index (κ2) is 7.27. The smallest absolute Gasteiger partial charge is 0.181 e. The molecule has 28 heavy (non-hydrogen) atoms. The number of nitrogen functional groups attached to an aromatic ring is 1. The number of aromatic nitrogens is 4. The van der Waals surface area contributed by atoms with Gasteiger partial charge in [0, 0.05) is 18.0 Å². The molecule has 9 nitrogen and oxygen atoms in total. The average Bonchev–Trinajstić information content (AvgIpc) is 3.35. The monoisotopic (exact) mass is 378 g/mol. The molecule has 0 saturated heterocycles. The maximum absolute atomic E-state index is 13.8. The highest BCUT2D eigenvalue weighted by atomic mass is 19.1. The summed E-state index contributed by atoms with van der Waals surface area (Å²) in [7, 11) is 0. The molecule has 0 unspecified atom stereocenters. The van der Waals surface area contributed by atoms with E-state index in [1.165, 1.54) is 25.0 Å². The fourth-order valence-corrected chi connectivity index (χ4v) is 2.83. The number of rotatable bonds is 6. The Morgan fingerprint density at radius 1 is 1.36 bits per heavy atom. The standard InChI is InChI=1S/C18H15FN8O/c19-13-3-1-2-4-14(13)23-5-11(26-21)7-27-8-12(15-6-22-10-28-15)16-17(20)24-9-25-18(16)27/h1-6,8-10,21,23H,7H2,(H2,20,24,25)/b11-5-,26-21?. The first kappa shape index (κ1) is 17.3. The van der Waals surface area contributed by atoms with Gasteiger partial charge >= 0.3 is 0 Å². The lowest BCUT2D eigenvalue weighted by atomic mass is 10.2. The fraction of sp³-hybridized carbons (Fsp3) is 0.0556. The molecule has 10 heteroatoms. The zero-order valence-electron chi connectivity index (χ0n) is 14.5. The molecule has 3 heterocycles. The van der Waals surface area contributed by atoms with Crippen LogP contribution in [-0.4, -0.2) is 19.5 Å². The minimum Gasteiger partial charge on any atom is -0.443 e. The highest BCUT2D eigenvalue weighted by Gasteiger charge is 2.17. The maximum Gasteiger partial charge on any atom is 0.181 e. The van der Waals surface area contributed by atoms with Gasteiger partial charge in [0.1, 0.15) is 23.6 Å². The van der Waals surface area contributed by atoms with Crippen molar-refractivity contribution in [2.24, 2.45) is 5.11 Å². The Morgan fingerprint density at radius 3 is 2.96 bits per heavy atom. The number of hydrogen-bond acceptors (Lipinski definition) is 8. The Kier molecular flexibility index (Phi) is 4.50. The lowest BCUT2D eigenvalue weighted by molar-refractivity contribution is 0.572. The molecule has 0 fully saturated rings. The van der Waals surface area contributed by atoms with Gasteiger partial charge in [-0.25, -0.2) is 24.9 Å². The van der Waals surface area contributed by atoms with Gasteiger partial charge in [0.05, 0.1) is 29.5 Å². The summed E-state index contributed by atoms with van der Waals surface area (Å²) >= 11 is 0. The molecule has 0 saturated carbocycles. The minimum atomic E-state index is -0.400. The zero-order chi connectivity index (χ0) is 19.5. The van der Waals surface area contributed by atoms with Crippen LogP contribution in [0.2, 0.25) is 0 Å². The Labute approximate surface area is 158 Å². The second-order valence-electron chi connectivity index (χ2n) is 5.87. The van der Waals surface area contributed by atoms with Crippen LogP contribution in [0.25, 0.3) is 22.4 Å². The third-order valence-electron chi connectivity index (χ3n) is 4.12. The zero-order valence-corrected chi connectivity index (χ0v) is 14.5. The SMILES string of the molecule is N=N/C(=C\Nc1ccccc1F)Cn1cc(-c2cnco2)c2c(N)ncnc21. The molecule has 0 aliphatic rings. The quantitative estimate of drug-likeness (QED) is 0.437. The van der Waals surface area contributed by atoms with Crippen molar-refractivity contribution in [2.45, 2.75) is 6.54 Å². The van der Waals surface area contributed by atoms with Crippen molar-refractivity contribution in [1.82, 2.24) is 19.5 Å². The lowest BCUT2D eigenvalue weighted by Crippen LogP contribution is -2.02. The fourth-order valence-electron chi connectivity index (χ4n) is 2.83. The molecule has 4 N–H and O–H groups in total. The van der Waals surface area contributed by atoms with E-state index in [-0.39, 0.29) is 12.2 Å². The molecule has 4 rings (SSSR count). The number of halogens is 1. The van der Waals surface area contributed by atoms with Crippen LogP contribution in [0.1, 0.15) is 0 Å². The van der Waals surface area contributed by atoms with Crippen LogP contribution in [0, 0.1) is 11.3 Å². The van der Waals surface area contributed by atoms with Crippen LogP contribution in [0.5, 0.6) is 0 Å². The third kappa shape index (κ3) is 3.18. The van der Waals surface area contributed by atoms with Crippen LogP contribution in [0.4, 0.5) is 15.9 Å².